The number of ether oxygens (including phenoxy) is 2. The van der Waals surface area contributed by atoms with Gasteiger partial charge in [0, 0.05) is 11.1 Å². The lowest BCUT2D eigenvalue weighted by Crippen LogP contribution is -2.17. The molecular formula is C20H19N3O5S. The van der Waals surface area contributed by atoms with Gasteiger partial charge in [0.2, 0.25) is 0 Å². The van der Waals surface area contributed by atoms with Gasteiger partial charge in [0.15, 0.2) is 21.3 Å². The summed E-state index contributed by atoms with van der Waals surface area (Å²) in [6.45, 7) is 0. The second-order valence-corrected chi connectivity index (χ2v) is 8.64. The molecule has 150 valence electrons. The number of nitrogens with zero attached hydrogens (tertiary/aromatic N) is 2. The molecule has 0 unspecified atom stereocenters. The van der Waals surface area contributed by atoms with E-state index in [1.807, 2.05) is 30.3 Å². The lowest BCUT2D eigenvalue weighted by molar-refractivity contribution is 0.102. The van der Waals surface area contributed by atoms with Crippen molar-refractivity contribution in [1.82, 2.24) is 9.78 Å². The summed E-state index contributed by atoms with van der Waals surface area (Å²) in [7, 11) is -0.266. The molecule has 0 atom stereocenters. The van der Waals surface area contributed by atoms with Gasteiger partial charge in [-0.25, -0.2) is 13.1 Å². The number of para-hydroxylation sites is 1. The Bertz CT molecular complexity index is 1190. The molecule has 9 heteroatoms. The number of carbonyl (C=O) groups excluding carboxylic acids is 1. The second-order valence-electron chi connectivity index (χ2n) is 6.58. The van der Waals surface area contributed by atoms with Crippen LogP contribution < -0.4 is 14.8 Å². The zero-order valence-electron chi connectivity index (χ0n) is 15.9. The molecule has 1 aromatic heterocycles. The highest BCUT2D eigenvalue weighted by Crippen LogP contribution is 2.34. The standard InChI is InChI=1S/C20H19N3O5S/c1-27-17-9-8-13(10-18(17)28-2)20(24)21-19-15-11-29(25,26)12-16(15)22-23(19)14-6-4-3-5-7-14/h3-10H,11-12H2,1-2H3,(H,21,24). The van der Waals surface area contributed by atoms with Crippen molar-refractivity contribution in [2.24, 2.45) is 0 Å². The fourth-order valence-electron chi connectivity index (χ4n) is 3.28. The number of hydrogen-bond acceptors (Lipinski definition) is 6. The SMILES string of the molecule is COc1ccc(C(=O)Nc2c3c(nn2-c2ccccc2)CS(=O)(=O)C3)cc1OC. The van der Waals surface area contributed by atoms with E-state index >= 15 is 0 Å². The highest BCUT2D eigenvalue weighted by atomic mass is 32.2. The molecule has 29 heavy (non-hydrogen) atoms. The number of carbonyl (C=O) groups is 1. The Labute approximate surface area is 168 Å². The third-order valence-corrected chi connectivity index (χ3v) is 6.11. The van der Waals surface area contributed by atoms with Crippen molar-refractivity contribution in [3.8, 4) is 17.2 Å². The van der Waals surface area contributed by atoms with Gasteiger partial charge in [-0.05, 0) is 30.3 Å². The zero-order valence-corrected chi connectivity index (χ0v) is 16.7. The zero-order chi connectivity index (χ0) is 20.6. The van der Waals surface area contributed by atoms with Crippen LogP contribution in [0.15, 0.2) is 48.5 Å². The molecule has 1 N–H and O–H groups in total. The molecule has 4 rings (SSSR count). The van der Waals surface area contributed by atoms with Crippen molar-refractivity contribution in [3.63, 3.8) is 0 Å². The van der Waals surface area contributed by atoms with Gasteiger partial charge in [0.1, 0.15) is 5.82 Å². The molecule has 0 spiro atoms. The average Bonchev–Trinajstić information content (AvgIpc) is 3.20. The second kappa shape index (κ2) is 7.25. The van der Waals surface area contributed by atoms with Crippen molar-refractivity contribution in [1.29, 1.82) is 0 Å². The van der Waals surface area contributed by atoms with Crippen molar-refractivity contribution in [2.45, 2.75) is 11.5 Å². The summed E-state index contributed by atoms with van der Waals surface area (Å²) in [5.41, 5.74) is 2.04. The van der Waals surface area contributed by atoms with Gasteiger partial charge in [-0.1, -0.05) is 18.2 Å². The van der Waals surface area contributed by atoms with E-state index in [0.717, 1.165) is 5.69 Å². The van der Waals surface area contributed by atoms with Crippen LogP contribution in [0.5, 0.6) is 11.5 Å². The van der Waals surface area contributed by atoms with Crippen LogP contribution in [0.25, 0.3) is 5.69 Å². The quantitative estimate of drug-likeness (QED) is 0.690. The molecule has 1 aliphatic heterocycles. The number of methoxy groups -OCH3 is 2. The normalized spacial score (nSPS) is 14.3. The Morgan fingerprint density at radius 1 is 1.03 bits per heavy atom. The first kappa shape index (κ1) is 19.0. The van der Waals surface area contributed by atoms with Gasteiger partial charge < -0.3 is 14.8 Å². The maximum Gasteiger partial charge on any atom is 0.256 e. The van der Waals surface area contributed by atoms with Crippen molar-refractivity contribution in [2.75, 3.05) is 19.5 Å². The van der Waals surface area contributed by atoms with E-state index in [1.165, 1.54) is 14.2 Å². The number of anilines is 1. The molecule has 0 bridgehead atoms. The Hall–Kier alpha value is -3.33. The molecule has 0 aliphatic carbocycles. The number of nitrogens with one attached hydrogen (secondary N) is 1. The molecule has 0 radical (unpaired) electrons. The van der Waals surface area contributed by atoms with Crippen molar-refractivity contribution in [3.05, 3.63) is 65.4 Å². The first-order valence-electron chi connectivity index (χ1n) is 8.82. The highest BCUT2D eigenvalue weighted by molar-refractivity contribution is 7.90. The summed E-state index contributed by atoms with van der Waals surface area (Å²) < 4.78 is 36.2. The molecule has 1 aliphatic rings. The van der Waals surface area contributed by atoms with Gasteiger partial charge in [0.05, 0.1) is 37.1 Å². The summed E-state index contributed by atoms with van der Waals surface area (Å²) >= 11 is 0. The van der Waals surface area contributed by atoms with Crippen LogP contribution in [0.4, 0.5) is 5.82 Å². The third kappa shape index (κ3) is 3.56. The van der Waals surface area contributed by atoms with Crippen LogP contribution in [0.1, 0.15) is 21.6 Å². The van der Waals surface area contributed by atoms with Gasteiger partial charge >= 0.3 is 0 Å². The summed E-state index contributed by atoms with van der Waals surface area (Å²) in [6, 6.07) is 14.0. The Morgan fingerprint density at radius 2 is 1.76 bits per heavy atom. The predicted octanol–water partition coefficient (Wildman–Crippen LogP) is 2.57. The van der Waals surface area contributed by atoms with E-state index in [2.05, 4.69) is 10.4 Å². The molecule has 0 saturated heterocycles. The lowest BCUT2D eigenvalue weighted by Gasteiger charge is -2.12. The van der Waals surface area contributed by atoms with E-state index in [-0.39, 0.29) is 11.5 Å². The number of amides is 1. The monoisotopic (exact) mass is 413 g/mol. The average molecular weight is 413 g/mol. The molecule has 2 aromatic carbocycles. The molecule has 0 fully saturated rings. The Morgan fingerprint density at radius 3 is 2.45 bits per heavy atom. The molecule has 1 amide bonds. The van der Waals surface area contributed by atoms with Crippen LogP contribution >= 0.6 is 0 Å². The minimum Gasteiger partial charge on any atom is -0.493 e. The first-order valence-corrected chi connectivity index (χ1v) is 10.6. The number of sulfone groups is 1. The minimum absolute atomic E-state index is 0.138. The van der Waals surface area contributed by atoms with E-state index in [4.69, 9.17) is 9.47 Å². The fourth-order valence-corrected chi connectivity index (χ4v) is 4.78. The number of benzene rings is 2. The summed E-state index contributed by atoms with van der Waals surface area (Å²) in [4.78, 5) is 12.9. The number of aromatic nitrogens is 2. The highest BCUT2D eigenvalue weighted by Gasteiger charge is 2.33. The van der Waals surface area contributed by atoms with Gasteiger partial charge in [-0.3, -0.25) is 4.79 Å². The molecule has 8 nitrogen and oxygen atoms in total. The number of fused-ring (bicyclic) bond motifs is 1. The Kier molecular flexibility index (Phi) is 4.75. The minimum atomic E-state index is -3.27. The van der Waals surface area contributed by atoms with E-state index in [0.29, 0.717) is 34.1 Å². The van der Waals surface area contributed by atoms with Crippen LogP contribution in [0.3, 0.4) is 0 Å². The van der Waals surface area contributed by atoms with E-state index < -0.39 is 15.7 Å². The molecular weight excluding hydrogens is 394 g/mol. The third-order valence-electron chi connectivity index (χ3n) is 4.67. The largest absolute Gasteiger partial charge is 0.493 e. The molecule has 2 heterocycles. The smallest absolute Gasteiger partial charge is 0.256 e. The number of rotatable bonds is 5. The fraction of sp³-hybridized carbons (Fsp3) is 0.200. The first-order chi connectivity index (χ1) is 13.9. The summed E-state index contributed by atoms with van der Waals surface area (Å²) in [6.07, 6.45) is 0. The topological polar surface area (TPSA) is 99.5 Å². The van der Waals surface area contributed by atoms with Crippen molar-refractivity contribution < 1.29 is 22.7 Å². The maximum atomic E-state index is 12.9. The summed E-state index contributed by atoms with van der Waals surface area (Å²) in [5.74, 6) is 0.579. The van der Waals surface area contributed by atoms with Crippen LogP contribution in [0.2, 0.25) is 0 Å². The summed E-state index contributed by atoms with van der Waals surface area (Å²) in [5, 5.41) is 7.28. The van der Waals surface area contributed by atoms with Crippen LogP contribution in [-0.2, 0) is 21.3 Å². The number of hydrogen-bond donors (Lipinski definition) is 1. The van der Waals surface area contributed by atoms with E-state index in [1.54, 1.807) is 22.9 Å². The van der Waals surface area contributed by atoms with Gasteiger partial charge in [0.25, 0.3) is 5.91 Å². The van der Waals surface area contributed by atoms with Crippen LogP contribution in [-0.4, -0.2) is 38.3 Å². The lowest BCUT2D eigenvalue weighted by atomic mass is 10.2. The maximum absolute atomic E-state index is 12.9. The van der Waals surface area contributed by atoms with E-state index in [9.17, 15) is 13.2 Å². The van der Waals surface area contributed by atoms with Crippen LogP contribution in [0, 0.1) is 0 Å². The predicted molar refractivity (Wildman–Crippen MR) is 107 cm³/mol. The van der Waals surface area contributed by atoms with Gasteiger partial charge in [-0.2, -0.15) is 5.10 Å². The molecule has 3 aromatic rings. The Balaban J connectivity index is 1.74. The van der Waals surface area contributed by atoms with Crippen molar-refractivity contribution >= 4 is 21.6 Å². The molecule has 0 saturated carbocycles. The van der Waals surface area contributed by atoms with Gasteiger partial charge in [-0.15, -0.1) is 0 Å².